The molecule has 0 radical (unpaired) electrons. The fourth-order valence-corrected chi connectivity index (χ4v) is 13.2. The molecule has 6 atom stereocenters. The van der Waals surface area contributed by atoms with Crippen LogP contribution < -0.4 is 35.5 Å². The van der Waals surface area contributed by atoms with Crippen LogP contribution in [-0.4, -0.2) is 126 Å². The zero-order chi connectivity index (χ0) is 55.3. The number of phenols is 2. The molecule has 0 spiro atoms. The maximum atomic E-state index is 12.0. The van der Waals surface area contributed by atoms with Crippen LogP contribution in [0.1, 0.15) is 114 Å². The summed E-state index contributed by atoms with van der Waals surface area (Å²) < 4.78 is 27.9. The number of aliphatic hydroxyl groups excluding tert-OH is 3. The number of H-pyrrole nitrogens is 1. The van der Waals surface area contributed by atoms with E-state index in [1.54, 1.807) is 6.07 Å². The summed E-state index contributed by atoms with van der Waals surface area (Å²) in [6.07, 6.45) is 8.33. The van der Waals surface area contributed by atoms with Crippen molar-refractivity contribution in [1.82, 2.24) is 26.3 Å². The Kier molecular flexibility index (Phi) is 17.7. The number of hydrogen-bond acceptors (Lipinski definition) is 14. The third-order valence-electron chi connectivity index (χ3n) is 16.5. The lowest BCUT2D eigenvalue weighted by Crippen LogP contribution is -2.56. The predicted molar refractivity (Wildman–Crippen MR) is 308 cm³/mol. The molecule has 3 heterocycles. The second-order valence-electron chi connectivity index (χ2n) is 22.9. The molecule has 0 saturated heterocycles. The number of aromatic amines is 1. The molecule has 0 bridgehead atoms. The van der Waals surface area contributed by atoms with Gasteiger partial charge in [-0.15, -0.1) is 0 Å². The highest BCUT2D eigenvalue weighted by molar-refractivity contribution is 5.90. The van der Waals surface area contributed by atoms with E-state index in [0.717, 1.165) is 69.2 Å². The first-order chi connectivity index (χ1) is 38.3. The van der Waals surface area contributed by atoms with Crippen molar-refractivity contribution in [3.63, 3.8) is 0 Å². The molecule has 2 aliphatic heterocycles. The van der Waals surface area contributed by atoms with Crippen molar-refractivity contribution < 1.29 is 49.6 Å². The highest BCUT2D eigenvalue weighted by Crippen LogP contribution is 2.61. The predicted octanol–water partition coefficient (Wildman–Crippen LogP) is 7.81. The first kappa shape index (κ1) is 56.3. The van der Waals surface area contributed by atoms with Gasteiger partial charge in [0.05, 0.1) is 25.5 Å². The van der Waals surface area contributed by atoms with Crippen LogP contribution in [0, 0.1) is 5.92 Å². The van der Waals surface area contributed by atoms with E-state index in [-0.39, 0.29) is 68.8 Å². The Hall–Kier alpha value is -5.98. The lowest BCUT2D eigenvalue weighted by molar-refractivity contribution is -0.129. The number of nitrogens with one attached hydrogen (secondary N) is 5. The molecule has 1 aromatic heterocycles. The Morgan fingerprint density at radius 1 is 0.873 bits per heavy atom. The van der Waals surface area contributed by atoms with E-state index < -0.39 is 23.4 Å². The van der Waals surface area contributed by atoms with E-state index in [0.29, 0.717) is 93.2 Å². The molecule has 4 aliphatic rings. The number of phenolic OH excluding ortho intramolecular Hbond substituents is 2. The van der Waals surface area contributed by atoms with Crippen LogP contribution in [0.5, 0.6) is 28.7 Å². The average Bonchev–Trinajstić information content (AvgIpc) is 4.01. The third-order valence-corrected chi connectivity index (χ3v) is 16.5. The summed E-state index contributed by atoms with van der Waals surface area (Å²) in [6.45, 7) is 8.10. The van der Waals surface area contributed by atoms with Gasteiger partial charge in [0.25, 0.3) is 0 Å². The van der Waals surface area contributed by atoms with Crippen molar-refractivity contribution in [2.24, 2.45) is 5.92 Å². The first-order valence-electron chi connectivity index (χ1n) is 28.5. The van der Waals surface area contributed by atoms with Gasteiger partial charge in [0.2, 0.25) is 0 Å². The van der Waals surface area contributed by atoms with Crippen molar-refractivity contribution in [1.29, 1.82) is 0 Å². The van der Waals surface area contributed by atoms with E-state index in [4.69, 9.17) is 18.9 Å². The largest absolute Gasteiger partial charge is 0.507 e. The summed E-state index contributed by atoms with van der Waals surface area (Å²) in [4.78, 5) is 3.39. The Morgan fingerprint density at radius 2 is 1.72 bits per heavy atom. The summed E-state index contributed by atoms with van der Waals surface area (Å²) in [5, 5.41) is 80.9. The van der Waals surface area contributed by atoms with Gasteiger partial charge in [-0.05, 0) is 176 Å². The topological polar surface area (TPSA) is 222 Å². The Labute approximate surface area is 464 Å². The van der Waals surface area contributed by atoms with Crippen molar-refractivity contribution in [2.75, 3.05) is 73.1 Å². The number of aliphatic hydroxyl groups is 4. The molecule has 15 nitrogen and oxygen atoms in total. The molecule has 5 aromatic carbocycles. The molecule has 422 valence electrons. The SMILES string of the molecule is CNCOC1(CNCNCC(C)(O)CC(C)C)Cc2c3c(c4c(c2OC1c1cc(CCCO)c(O)c(OCCO)c1)CCC(CO)O4)-c1ccc(O)c2c1C(C3)C(c1ccc3[nH]ccc3c1)C(CNCCCc1ccccc1)=C2. The van der Waals surface area contributed by atoms with Gasteiger partial charge < -0.3 is 70.5 Å². The molecule has 6 unspecified atom stereocenters. The fourth-order valence-electron chi connectivity index (χ4n) is 13.2. The van der Waals surface area contributed by atoms with Gasteiger partial charge in [-0.25, -0.2) is 0 Å². The summed E-state index contributed by atoms with van der Waals surface area (Å²) in [6, 6.07) is 26.9. The van der Waals surface area contributed by atoms with Crippen LogP contribution in [-0.2, 0) is 36.8 Å². The number of aromatic hydroxyl groups is 2. The maximum absolute atomic E-state index is 12.0. The number of rotatable bonds is 26. The van der Waals surface area contributed by atoms with Gasteiger partial charge >= 0.3 is 0 Å². The minimum absolute atomic E-state index is 0.0492. The number of aromatic nitrogens is 1. The number of benzene rings is 5. The van der Waals surface area contributed by atoms with E-state index in [2.05, 4.69) is 94.7 Å². The highest BCUT2D eigenvalue weighted by atomic mass is 16.6. The van der Waals surface area contributed by atoms with Crippen LogP contribution in [0.2, 0.25) is 0 Å². The Balaban J connectivity index is 1.13. The number of aryl methyl sites for hydroxylation is 2. The van der Waals surface area contributed by atoms with Crippen molar-refractivity contribution >= 4 is 17.0 Å². The maximum Gasteiger partial charge on any atom is 0.161 e. The van der Waals surface area contributed by atoms with Gasteiger partial charge in [0.15, 0.2) is 17.6 Å². The summed E-state index contributed by atoms with van der Waals surface area (Å²) >= 11 is 0. The number of hydrogen-bond donors (Lipinski definition) is 11. The number of fused-ring (bicyclic) bond motifs is 8. The third kappa shape index (κ3) is 11.9. The lowest BCUT2D eigenvalue weighted by Gasteiger charge is -2.48. The van der Waals surface area contributed by atoms with E-state index in [1.165, 1.54) is 16.7 Å². The zero-order valence-corrected chi connectivity index (χ0v) is 46.3. The average molecular weight is 1080 g/mol. The Bertz CT molecular complexity index is 3070. The highest BCUT2D eigenvalue weighted by Gasteiger charge is 2.51. The molecule has 10 rings (SSSR count). The van der Waals surface area contributed by atoms with Crippen molar-refractivity contribution in [3.8, 4) is 39.9 Å². The van der Waals surface area contributed by atoms with Gasteiger partial charge in [-0.1, -0.05) is 56.3 Å². The quantitative estimate of drug-likeness (QED) is 0.0184. The molecule has 0 fully saturated rings. The smallest absolute Gasteiger partial charge is 0.161 e. The second kappa shape index (κ2) is 24.8. The van der Waals surface area contributed by atoms with Crippen LogP contribution in [0.4, 0.5) is 0 Å². The van der Waals surface area contributed by atoms with Crippen LogP contribution in [0.25, 0.3) is 28.1 Å². The molecule has 2 aliphatic carbocycles. The lowest BCUT2D eigenvalue weighted by atomic mass is 9.62. The molecular weight excluding hydrogens is 999 g/mol. The summed E-state index contributed by atoms with van der Waals surface area (Å²) in [7, 11) is 1.84. The molecule has 0 saturated carbocycles. The normalized spacial score (nSPS) is 20.8. The summed E-state index contributed by atoms with van der Waals surface area (Å²) in [5.74, 6) is 1.81. The van der Waals surface area contributed by atoms with Gasteiger partial charge in [0, 0.05) is 79.2 Å². The van der Waals surface area contributed by atoms with E-state index in [1.807, 2.05) is 44.4 Å². The fraction of sp³-hybridized carbons (Fsp3) is 0.469. The zero-order valence-electron chi connectivity index (χ0n) is 46.3. The molecule has 79 heavy (non-hydrogen) atoms. The van der Waals surface area contributed by atoms with Crippen molar-refractivity contribution in [2.45, 2.75) is 114 Å². The second-order valence-corrected chi connectivity index (χ2v) is 22.9. The molecule has 11 N–H and O–H groups in total. The van der Waals surface area contributed by atoms with Gasteiger partial charge in [0.1, 0.15) is 35.6 Å². The van der Waals surface area contributed by atoms with Crippen LogP contribution in [0.15, 0.2) is 90.6 Å². The monoisotopic (exact) mass is 1080 g/mol. The number of ether oxygens (including phenoxy) is 4. The minimum atomic E-state index is -1.14. The van der Waals surface area contributed by atoms with Gasteiger partial charge in [-0.2, -0.15) is 0 Å². The van der Waals surface area contributed by atoms with Crippen molar-refractivity contribution in [3.05, 3.63) is 141 Å². The first-order valence-corrected chi connectivity index (χ1v) is 28.5. The minimum Gasteiger partial charge on any atom is -0.507 e. The van der Waals surface area contributed by atoms with Gasteiger partial charge in [-0.3, -0.25) is 5.32 Å². The van der Waals surface area contributed by atoms with E-state index in [9.17, 15) is 30.6 Å². The van der Waals surface area contributed by atoms with Crippen LogP contribution >= 0.6 is 0 Å². The molecule has 15 heteroatoms. The Morgan fingerprint density at radius 3 is 2.51 bits per heavy atom. The molecular formula is C64H81N5O10. The molecule has 6 aromatic rings. The van der Waals surface area contributed by atoms with Crippen LogP contribution in [0.3, 0.4) is 0 Å². The standard InChI is InChI=1S/C64H81N5O10/c1-39(2)31-63(3,75)35-67-37-68-36-64(77-38-65-4)32-52-49-30-51-56(42-14-18-53-41(26-42)20-22-69-53)45(33-66-21-8-12-40-10-6-5-7-11-40)28-50-54(73)19-17-47(57(50)51)58(49)61-48(16-15-46(34-72)78-61)60(52)79-62(64)44-27-43(13-9-23-70)59(74)55(29-44)76-25-24-71/h5-7,10-11,14,17-20,22,26-29,39,46,51,56,62,65-75H,8-9,12-13,15-16,21,23-25,30-38H2,1-4H3. The molecule has 0 amide bonds. The summed E-state index contributed by atoms with van der Waals surface area (Å²) in [5.41, 5.74) is 10.7. The van der Waals surface area contributed by atoms with E-state index >= 15 is 0 Å².